The number of carboxylic acids is 1. The Morgan fingerprint density at radius 1 is 1.26 bits per heavy atom. The van der Waals surface area contributed by atoms with Crippen LogP contribution in [-0.2, 0) is 9.53 Å². The van der Waals surface area contributed by atoms with Gasteiger partial charge in [0.05, 0.1) is 6.61 Å². The molecule has 0 aromatic heterocycles. The summed E-state index contributed by atoms with van der Waals surface area (Å²) in [6, 6.07) is 0.853. The number of nitrogens with one attached hydrogen (secondary N) is 1. The van der Waals surface area contributed by atoms with E-state index in [2.05, 4.69) is 10.2 Å². The maximum absolute atomic E-state index is 11.7. The molecule has 5 heteroatoms. The molecule has 3 fully saturated rings. The van der Waals surface area contributed by atoms with Gasteiger partial charge in [0.15, 0.2) is 0 Å². The molecule has 1 saturated heterocycles. The van der Waals surface area contributed by atoms with Crippen molar-refractivity contribution >= 4 is 5.97 Å². The summed E-state index contributed by atoms with van der Waals surface area (Å²) >= 11 is 0. The molecule has 2 N–H and O–H groups in total. The van der Waals surface area contributed by atoms with E-state index in [0.29, 0.717) is 12.1 Å². The van der Waals surface area contributed by atoms with Gasteiger partial charge in [-0.3, -0.25) is 15.0 Å². The van der Waals surface area contributed by atoms with Crippen LogP contribution in [0.2, 0.25) is 0 Å². The van der Waals surface area contributed by atoms with Crippen LogP contribution in [0.5, 0.6) is 0 Å². The fourth-order valence-electron chi connectivity index (χ4n) is 3.47. The molecule has 19 heavy (non-hydrogen) atoms. The van der Waals surface area contributed by atoms with E-state index in [1.165, 1.54) is 0 Å². The van der Waals surface area contributed by atoms with Gasteiger partial charge in [0.2, 0.25) is 0 Å². The van der Waals surface area contributed by atoms with Gasteiger partial charge in [0.1, 0.15) is 5.54 Å². The second-order valence-corrected chi connectivity index (χ2v) is 6.20. The van der Waals surface area contributed by atoms with Crippen LogP contribution in [0.15, 0.2) is 0 Å². The van der Waals surface area contributed by atoms with E-state index in [0.717, 1.165) is 64.8 Å². The van der Waals surface area contributed by atoms with Crippen LogP contribution < -0.4 is 5.32 Å². The molecule has 0 amide bonds. The SMILES string of the molecule is O=C(O)C1(NC2CC2)CCC(N2CCCOCC2)C1. The second-order valence-electron chi connectivity index (χ2n) is 6.20. The number of hydrogen-bond donors (Lipinski definition) is 2. The van der Waals surface area contributed by atoms with Crippen molar-refractivity contribution in [3.8, 4) is 0 Å². The zero-order chi connectivity index (χ0) is 13.3. The van der Waals surface area contributed by atoms with Crippen molar-refractivity contribution in [1.82, 2.24) is 10.2 Å². The number of carboxylic acid groups (broad SMARTS) is 1. The molecule has 1 aliphatic heterocycles. The lowest BCUT2D eigenvalue weighted by molar-refractivity contribution is -0.145. The fourth-order valence-corrected chi connectivity index (χ4v) is 3.47. The molecular weight excluding hydrogens is 244 g/mol. The molecular formula is C14H24N2O3. The average Bonchev–Trinajstić information content (AvgIpc) is 3.14. The predicted octanol–water partition coefficient (Wildman–Crippen LogP) is 0.837. The molecule has 2 atom stereocenters. The Balaban J connectivity index is 1.64. The first kappa shape index (κ1) is 13.3. The van der Waals surface area contributed by atoms with Crippen molar-refractivity contribution in [2.45, 2.75) is 56.1 Å². The minimum atomic E-state index is -0.668. The van der Waals surface area contributed by atoms with Gasteiger partial charge in [0, 0.05) is 31.8 Å². The monoisotopic (exact) mass is 268 g/mol. The summed E-state index contributed by atoms with van der Waals surface area (Å²) < 4.78 is 5.48. The maximum atomic E-state index is 11.7. The standard InChI is InChI=1S/C14H24N2O3/c17-13(18)14(15-11-2-3-11)5-4-12(10-14)16-6-1-8-19-9-7-16/h11-12,15H,1-10H2,(H,17,18). The Morgan fingerprint density at radius 3 is 2.84 bits per heavy atom. The van der Waals surface area contributed by atoms with Crippen LogP contribution in [0.3, 0.4) is 0 Å². The van der Waals surface area contributed by atoms with E-state index in [1.807, 2.05) is 0 Å². The van der Waals surface area contributed by atoms with Gasteiger partial charge in [-0.05, 0) is 38.5 Å². The maximum Gasteiger partial charge on any atom is 0.323 e. The average molecular weight is 268 g/mol. The summed E-state index contributed by atoms with van der Waals surface area (Å²) in [6.07, 6.45) is 5.84. The molecule has 3 rings (SSSR count). The number of ether oxygens (including phenoxy) is 1. The zero-order valence-corrected chi connectivity index (χ0v) is 11.4. The van der Waals surface area contributed by atoms with Gasteiger partial charge in [-0.15, -0.1) is 0 Å². The van der Waals surface area contributed by atoms with Gasteiger partial charge in [-0.2, -0.15) is 0 Å². The summed E-state index contributed by atoms with van der Waals surface area (Å²) in [5.74, 6) is -0.659. The summed E-state index contributed by atoms with van der Waals surface area (Å²) in [5.41, 5.74) is -0.668. The lowest BCUT2D eigenvalue weighted by Crippen LogP contribution is -2.52. The molecule has 2 aliphatic carbocycles. The molecule has 0 bridgehead atoms. The van der Waals surface area contributed by atoms with Crippen LogP contribution >= 0.6 is 0 Å². The molecule has 108 valence electrons. The van der Waals surface area contributed by atoms with Crippen LogP contribution in [0.4, 0.5) is 0 Å². The first-order valence-corrected chi connectivity index (χ1v) is 7.52. The van der Waals surface area contributed by atoms with Crippen molar-refractivity contribution in [1.29, 1.82) is 0 Å². The van der Waals surface area contributed by atoms with Crippen LogP contribution in [0, 0.1) is 0 Å². The quantitative estimate of drug-likeness (QED) is 0.791. The van der Waals surface area contributed by atoms with E-state index in [1.54, 1.807) is 0 Å². The van der Waals surface area contributed by atoms with Crippen molar-refractivity contribution < 1.29 is 14.6 Å². The number of nitrogens with zero attached hydrogens (tertiary/aromatic N) is 1. The Morgan fingerprint density at radius 2 is 2.11 bits per heavy atom. The molecule has 2 saturated carbocycles. The Hall–Kier alpha value is -0.650. The number of rotatable bonds is 4. The molecule has 3 aliphatic rings. The molecule has 0 aromatic rings. The molecule has 2 unspecified atom stereocenters. The third-order valence-corrected chi connectivity index (χ3v) is 4.73. The van der Waals surface area contributed by atoms with Gasteiger partial charge in [0.25, 0.3) is 0 Å². The van der Waals surface area contributed by atoms with Crippen molar-refractivity contribution in [3.05, 3.63) is 0 Å². The minimum Gasteiger partial charge on any atom is -0.480 e. The minimum absolute atomic E-state index is 0.407. The molecule has 0 radical (unpaired) electrons. The lowest BCUT2D eigenvalue weighted by atomic mass is 9.97. The smallest absolute Gasteiger partial charge is 0.323 e. The van der Waals surface area contributed by atoms with Gasteiger partial charge in [-0.25, -0.2) is 0 Å². The van der Waals surface area contributed by atoms with Crippen LogP contribution in [0.1, 0.15) is 38.5 Å². The van der Waals surface area contributed by atoms with Crippen molar-refractivity contribution in [2.24, 2.45) is 0 Å². The third-order valence-electron chi connectivity index (χ3n) is 4.73. The molecule has 1 heterocycles. The second kappa shape index (κ2) is 5.38. The van der Waals surface area contributed by atoms with Gasteiger partial charge in [-0.1, -0.05) is 0 Å². The fraction of sp³-hybridized carbons (Fsp3) is 0.929. The van der Waals surface area contributed by atoms with E-state index < -0.39 is 11.5 Å². The highest BCUT2D eigenvalue weighted by atomic mass is 16.5. The number of hydrogen-bond acceptors (Lipinski definition) is 4. The predicted molar refractivity (Wildman–Crippen MR) is 71.2 cm³/mol. The topological polar surface area (TPSA) is 61.8 Å². The number of carbonyl (C=O) groups is 1. The highest BCUT2D eigenvalue weighted by Gasteiger charge is 2.49. The van der Waals surface area contributed by atoms with E-state index >= 15 is 0 Å². The highest BCUT2D eigenvalue weighted by Crippen LogP contribution is 2.36. The van der Waals surface area contributed by atoms with E-state index in [4.69, 9.17) is 4.74 Å². The summed E-state index contributed by atoms with van der Waals surface area (Å²) in [6.45, 7) is 3.62. The van der Waals surface area contributed by atoms with Crippen LogP contribution in [0.25, 0.3) is 0 Å². The van der Waals surface area contributed by atoms with Crippen molar-refractivity contribution in [2.75, 3.05) is 26.3 Å². The van der Waals surface area contributed by atoms with E-state index in [-0.39, 0.29) is 0 Å². The van der Waals surface area contributed by atoms with Gasteiger partial charge < -0.3 is 9.84 Å². The summed E-state index contributed by atoms with van der Waals surface area (Å²) in [4.78, 5) is 14.1. The van der Waals surface area contributed by atoms with Gasteiger partial charge >= 0.3 is 5.97 Å². The first-order valence-electron chi connectivity index (χ1n) is 7.52. The van der Waals surface area contributed by atoms with Crippen LogP contribution in [-0.4, -0.2) is 59.9 Å². The molecule has 0 aromatic carbocycles. The highest BCUT2D eigenvalue weighted by molar-refractivity contribution is 5.79. The largest absolute Gasteiger partial charge is 0.480 e. The Labute approximate surface area is 114 Å². The lowest BCUT2D eigenvalue weighted by Gasteiger charge is -2.30. The first-order chi connectivity index (χ1) is 9.20. The Kier molecular flexibility index (Phi) is 3.78. The molecule has 5 nitrogen and oxygen atoms in total. The summed E-state index contributed by atoms with van der Waals surface area (Å²) in [7, 11) is 0. The number of aliphatic carboxylic acids is 1. The van der Waals surface area contributed by atoms with E-state index in [9.17, 15) is 9.90 Å². The third kappa shape index (κ3) is 2.93. The van der Waals surface area contributed by atoms with Crippen molar-refractivity contribution in [3.63, 3.8) is 0 Å². The Bertz CT molecular complexity index is 338. The normalized spacial score (nSPS) is 37.2. The zero-order valence-electron chi connectivity index (χ0n) is 11.4. The summed E-state index contributed by atoms with van der Waals surface area (Å²) in [5, 5.41) is 13.0. The molecule has 0 spiro atoms.